The third-order valence-electron chi connectivity index (χ3n) is 5.14. The Balaban J connectivity index is 0.00000156. The van der Waals surface area contributed by atoms with Crippen LogP contribution < -0.4 is 5.32 Å². The van der Waals surface area contributed by atoms with Crippen LogP contribution in [0.1, 0.15) is 24.8 Å². The van der Waals surface area contributed by atoms with Gasteiger partial charge in [-0.25, -0.2) is 0 Å². The predicted molar refractivity (Wildman–Crippen MR) is 96.5 cm³/mol. The molecule has 1 N–H and O–H groups in total. The maximum Gasteiger partial charge on any atom is 0.0602 e. The zero-order chi connectivity index (χ0) is 14.8. The fourth-order valence-corrected chi connectivity index (χ4v) is 3.76. The molecule has 1 unspecified atom stereocenters. The van der Waals surface area contributed by atoms with Gasteiger partial charge in [-0.1, -0.05) is 30.3 Å². The van der Waals surface area contributed by atoms with E-state index in [0.717, 1.165) is 12.5 Å². The maximum absolute atomic E-state index is 4.18. The minimum Gasteiger partial charge on any atom is -0.298 e. The van der Waals surface area contributed by atoms with Crippen LogP contribution in [0.15, 0.2) is 48.8 Å². The predicted octanol–water partition coefficient (Wildman–Crippen LogP) is 3.70. The van der Waals surface area contributed by atoms with E-state index in [1.165, 1.54) is 49.0 Å². The molecule has 0 radical (unpaired) electrons. The lowest BCUT2D eigenvalue weighted by molar-refractivity contribution is 0.0303. The van der Waals surface area contributed by atoms with E-state index in [9.17, 15) is 0 Å². The number of aromatic nitrogens is 1. The summed E-state index contributed by atoms with van der Waals surface area (Å²) in [6.45, 7) is 3.52. The molecule has 3 nitrogen and oxygen atoms in total. The molecule has 23 heavy (non-hydrogen) atoms. The van der Waals surface area contributed by atoms with Gasteiger partial charge < -0.3 is 0 Å². The van der Waals surface area contributed by atoms with Gasteiger partial charge in [0.15, 0.2) is 0 Å². The number of pyridine rings is 1. The first kappa shape index (κ1) is 16.4. The molecule has 4 heteroatoms. The highest BCUT2D eigenvalue weighted by atomic mass is 35.5. The number of fused-ring (bicyclic) bond motifs is 3. The van der Waals surface area contributed by atoms with Crippen LogP contribution in [-0.4, -0.2) is 29.1 Å². The average Bonchev–Trinajstić information content (AvgIpc) is 2.62. The molecule has 0 spiro atoms. The van der Waals surface area contributed by atoms with Crippen molar-refractivity contribution < 1.29 is 0 Å². The Labute approximate surface area is 144 Å². The van der Waals surface area contributed by atoms with Crippen LogP contribution in [-0.2, 0) is 6.54 Å². The lowest BCUT2D eigenvalue weighted by Crippen LogP contribution is -2.54. The molecule has 2 aromatic rings. The van der Waals surface area contributed by atoms with E-state index >= 15 is 0 Å². The number of nitrogens with one attached hydrogen (secondary N) is 1. The second-order valence-electron chi connectivity index (χ2n) is 6.55. The minimum atomic E-state index is 0. The number of benzene rings is 1. The van der Waals surface area contributed by atoms with Gasteiger partial charge in [0.25, 0.3) is 0 Å². The van der Waals surface area contributed by atoms with Crippen molar-refractivity contribution in [2.75, 3.05) is 13.1 Å². The molecular formula is C19H24ClN3. The highest BCUT2D eigenvalue weighted by Gasteiger charge is 2.32. The zero-order valence-corrected chi connectivity index (χ0v) is 14.1. The van der Waals surface area contributed by atoms with Crippen molar-refractivity contribution in [3.8, 4) is 11.1 Å². The molecule has 4 heterocycles. The van der Waals surface area contributed by atoms with Crippen molar-refractivity contribution in [3.05, 3.63) is 54.4 Å². The molecule has 122 valence electrons. The highest BCUT2D eigenvalue weighted by Crippen LogP contribution is 2.30. The van der Waals surface area contributed by atoms with E-state index in [-0.39, 0.29) is 12.4 Å². The fraction of sp³-hybridized carbons (Fsp3) is 0.421. The summed E-state index contributed by atoms with van der Waals surface area (Å²) in [5.41, 5.74) is 3.77. The summed E-state index contributed by atoms with van der Waals surface area (Å²) in [4.78, 5) is 6.80. The van der Waals surface area contributed by atoms with Crippen molar-refractivity contribution >= 4 is 12.4 Å². The molecule has 0 aliphatic carbocycles. The molecule has 3 fully saturated rings. The van der Waals surface area contributed by atoms with Crippen LogP contribution in [0.4, 0.5) is 0 Å². The van der Waals surface area contributed by atoms with Crippen LogP contribution in [0, 0.1) is 5.92 Å². The second kappa shape index (κ2) is 7.43. The Hall–Kier alpha value is -1.42. The van der Waals surface area contributed by atoms with Gasteiger partial charge in [0.2, 0.25) is 0 Å². The van der Waals surface area contributed by atoms with Crippen molar-refractivity contribution in [2.24, 2.45) is 5.92 Å². The summed E-state index contributed by atoms with van der Waals surface area (Å²) in [6, 6.07) is 12.9. The molecule has 1 atom stereocenters. The van der Waals surface area contributed by atoms with Gasteiger partial charge in [-0.15, -0.1) is 12.4 Å². The largest absolute Gasteiger partial charge is 0.298 e. The lowest BCUT2D eigenvalue weighted by atomic mass is 9.86. The van der Waals surface area contributed by atoms with Gasteiger partial charge in [-0.05, 0) is 61.0 Å². The third kappa shape index (κ3) is 3.74. The van der Waals surface area contributed by atoms with Crippen LogP contribution >= 0.6 is 12.4 Å². The monoisotopic (exact) mass is 329 g/mol. The molecule has 0 amide bonds. The fourth-order valence-electron chi connectivity index (χ4n) is 3.76. The first-order chi connectivity index (χ1) is 10.9. The lowest BCUT2D eigenvalue weighted by Gasteiger charge is -2.45. The van der Waals surface area contributed by atoms with Crippen molar-refractivity contribution in [3.63, 3.8) is 0 Å². The van der Waals surface area contributed by atoms with Crippen LogP contribution in [0.3, 0.4) is 0 Å². The molecule has 0 saturated carbocycles. The van der Waals surface area contributed by atoms with Crippen LogP contribution in [0.2, 0.25) is 0 Å². The van der Waals surface area contributed by atoms with E-state index in [2.05, 4.69) is 45.5 Å². The third-order valence-corrected chi connectivity index (χ3v) is 5.14. The molecule has 1 aromatic heterocycles. The van der Waals surface area contributed by atoms with E-state index in [0.29, 0.717) is 6.17 Å². The summed E-state index contributed by atoms with van der Waals surface area (Å²) < 4.78 is 0. The minimum absolute atomic E-state index is 0. The standard InChI is InChI=1S/C19H23N3.ClH/c1-2-18(14-20-9-1)17-5-3-16(4-6-17)13-21-19-12-15-7-10-22(19)11-8-15;/h1-6,9,14-15,19,21H,7-8,10-13H2;1H. The molecular weight excluding hydrogens is 306 g/mol. The van der Waals surface area contributed by atoms with Gasteiger partial charge in [0, 0.05) is 18.9 Å². The maximum atomic E-state index is 4.18. The Bertz CT molecular complexity index is 606. The molecule has 3 saturated heterocycles. The number of rotatable bonds is 4. The van der Waals surface area contributed by atoms with Gasteiger partial charge >= 0.3 is 0 Å². The first-order valence-electron chi connectivity index (χ1n) is 8.35. The number of piperidine rings is 3. The Kier molecular flexibility index (Phi) is 5.31. The van der Waals surface area contributed by atoms with Crippen molar-refractivity contribution in [2.45, 2.75) is 32.0 Å². The summed E-state index contributed by atoms with van der Waals surface area (Å²) in [6.07, 6.45) is 8.45. The molecule has 3 aliphatic heterocycles. The van der Waals surface area contributed by atoms with Gasteiger partial charge in [0.1, 0.15) is 0 Å². The number of hydrogen-bond acceptors (Lipinski definition) is 3. The van der Waals surface area contributed by atoms with Gasteiger partial charge in [0.05, 0.1) is 6.17 Å². The number of hydrogen-bond donors (Lipinski definition) is 1. The van der Waals surface area contributed by atoms with Gasteiger partial charge in [-0.3, -0.25) is 15.2 Å². The quantitative estimate of drug-likeness (QED) is 0.927. The summed E-state index contributed by atoms with van der Waals surface area (Å²) in [5, 5.41) is 3.74. The zero-order valence-electron chi connectivity index (χ0n) is 13.3. The van der Waals surface area contributed by atoms with E-state index in [1.807, 2.05) is 18.5 Å². The SMILES string of the molecule is Cl.c1cncc(-c2ccc(CNC3CC4CCN3CC4)cc2)c1. The van der Waals surface area contributed by atoms with E-state index in [4.69, 9.17) is 0 Å². The Morgan fingerprint density at radius 1 is 1.04 bits per heavy atom. The van der Waals surface area contributed by atoms with Crippen molar-refractivity contribution in [1.82, 2.24) is 15.2 Å². The number of nitrogens with zero attached hydrogens (tertiary/aromatic N) is 2. The highest BCUT2D eigenvalue weighted by molar-refractivity contribution is 5.85. The molecule has 3 aliphatic rings. The normalized spacial score (nSPS) is 25.8. The molecule has 2 bridgehead atoms. The molecule has 1 aromatic carbocycles. The van der Waals surface area contributed by atoms with Crippen LogP contribution in [0.5, 0.6) is 0 Å². The summed E-state index contributed by atoms with van der Waals surface area (Å²) >= 11 is 0. The average molecular weight is 330 g/mol. The van der Waals surface area contributed by atoms with E-state index in [1.54, 1.807) is 0 Å². The topological polar surface area (TPSA) is 28.2 Å². The molecule has 5 rings (SSSR count). The van der Waals surface area contributed by atoms with Crippen LogP contribution in [0.25, 0.3) is 11.1 Å². The van der Waals surface area contributed by atoms with E-state index < -0.39 is 0 Å². The Morgan fingerprint density at radius 2 is 1.83 bits per heavy atom. The van der Waals surface area contributed by atoms with Gasteiger partial charge in [-0.2, -0.15) is 0 Å². The number of halogens is 1. The Morgan fingerprint density at radius 3 is 2.43 bits per heavy atom. The smallest absolute Gasteiger partial charge is 0.0602 e. The van der Waals surface area contributed by atoms with Crippen molar-refractivity contribution in [1.29, 1.82) is 0 Å². The first-order valence-corrected chi connectivity index (χ1v) is 8.35. The second-order valence-corrected chi connectivity index (χ2v) is 6.55. The summed E-state index contributed by atoms with van der Waals surface area (Å²) in [5.74, 6) is 0.954. The summed E-state index contributed by atoms with van der Waals surface area (Å²) in [7, 11) is 0.